The first-order valence-corrected chi connectivity index (χ1v) is 6.70. The Labute approximate surface area is 122 Å². The fourth-order valence-corrected chi connectivity index (χ4v) is 2.41. The van der Waals surface area contributed by atoms with Crippen LogP contribution in [0, 0.1) is 6.92 Å². The Bertz CT molecular complexity index is 650. The van der Waals surface area contributed by atoms with Crippen LogP contribution in [0.3, 0.4) is 0 Å². The molecule has 1 aromatic heterocycles. The minimum absolute atomic E-state index is 0.105. The lowest BCUT2D eigenvalue weighted by molar-refractivity contribution is -0.137. The second-order valence-corrected chi connectivity index (χ2v) is 5.70. The van der Waals surface area contributed by atoms with Gasteiger partial charge in [-0.15, -0.1) is 11.3 Å². The normalized spacial score (nSPS) is 11.4. The zero-order chi connectivity index (χ0) is 14.9. The number of nitrogens with zero attached hydrogens (tertiary/aromatic N) is 1. The maximum Gasteiger partial charge on any atom is 0.416 e. The number of halogens is 3. The van der Waals surface area contributed by atoms with E-state index in [2.05, 4.69) is 10.3 Å². The fourth-order valence-electron chi connectivity index (χ4n) is 1.56. The molecule has 8 heteroatoms. The Morgan fingerprint density at radius 3 is 2.60 bits per heavy atom. The largest absolute Gasteiger partial charge is 0.416 e. The van der Waals surface area contributed by atoms with Crippen LogP contribution in [-0.2, 0) is 6.18 Å². The average molecular weight is 317 g/mol. The van der Waals surface area contributed by atoms with Gasteiger partial charge in [-0.05, 0) is 25.1 Å². The zero-order valence-electron chi connectivity index (χ0n) is 10.3. The van der Waals surface area contributed by atoms with Gasteiger partial charge in [0, 0.05) is 16.6 Å². The summed E-state index contributed by atoms with van der Waals surface area (Å²) in [6.07, 6.45) is -2.77. The van der Waals surface area contributed by atoms with Crippen molar-refractivity contribution in [2.24, 2.45) is 5.73 Å². The van der Waals surface area contributed by atoms with Crippen LogP contribution in [0.2, 0.25) is 0 Å². The summed E-state index contributed by atoms with van der Waals surface area (Å²) in [6, 6.07) is 3.21. The summed E-state index contributed by atoms with van der Waals surface area (Å²) in [5, 5.41) is 3.50. The molecule has 0 bridgehead atoms. The van der Waals surface area contributed by atoms with Crippen LogP contribution in [0.5, 0.6) is 0 Å². The third-order valence-electron chi connectivity index (χ3n) is 2.48. The molecule has 0 saturated carbocycles. The molecular weight excluding hydrogens is 307 g/mol. The van der Waals surface area contributed by atoms with E-state index >= 15 is 0 Å². The number of alkyl halides is 3. The number of aromatic nitrogens is 1. The van der Waals surface area contributed by atoms with Crippen LogP contribution >= 0.6 is 23.6 Å². The zero-order valence-corrected chi connectivity index (χ0v) is 11.9. The van der Waals surface area contributed by atoms with Gasteiger partial charge in [0.1, 0.15) is 4.99 Å². The molecule has 0 radical (unpaired) electrons. The van der Waals surface area contributed by atoms with Crippen LogP contribution < -0.4 is 11.1 Å². The molecule has 0 saturated heterocycles. The number of nitrogens with two attached hydrogens (primary N) is 1. The van der Waals surface area contributed by atoms with Gasteiger partial charge in [-0.2, -0.15) is 13.2 Å². The Balaban J connectivity index is 2.40. The lowest BCUT2D eigenvalue weighted by atomic mass is 10.1. The minimum Gasteiger partial charge on any atom is -0.389 e. The summed E-state index contributed by atoms with van der Waals surface area (Å²) in [7, 11) is 0. The number of thiazole rings is 1. The van der Waals surface area contributed by atoms with E-state index in [4.69, 9.17) is 18.0 Å². The van der Waals surface area contributed by atoms with E-state index in [1.807, 2.05) is 6.92 Å². The van der Waals surface area contributed by atoms with E-state index in [1.54, 1.807) is 6.20 Å². The van der Waals surface area contributed by atoms with Gasteiger partial charge < -0.3 is 11.1 Å². The van der Waals surface area contributed by atoms with Crippen LogP contribution in [0.4, 0.5) is 24.0 Å². The highest BCUT2D eigenvalue weighted by Gasteiger charge is 2.31. The van der Waals surface area contributed by atoms with E-state index in [1.165, 1.54) is 17.4 Å². The van der Waals surface area contributed by atoms with E-state index in [0.717, 1.165) is 17.0 Å². The van der Waals surface area contributed by atoms with Crippen molar-refractivity contribution in [3.05, 3.63) is 40.4 Å². The van der Waals surface area contributed by atoms with Crippen molar-refractivity contribution in [1.82, 2.24) is 4.98 Å². The van der Waals surface area contributed by atoms with Gasteiger partial charge in [0.05, 0.1) is 11.3 Å². The lowest BCUT2D eigenvalue weighted by Gasteiger charge is -2.13. The van der Waals surface area contributed by atoms with Gasteiger partial charge in [-0.25, -0.2) is 4.98 Å². The molecule has 3 nitrogen and oxygen atoms in total. The number of benzene rings is 1. The predicted octanol–water partition coefficient (Wildman–Crippen LogP) is 3.85. The van der Waals surface area contributed by atoms with E-state index in [0.29, 0.717) is 10.8 Å². The third-order valence-corrected chi connectivity index (χ3v) is 3.52. The molecule has 106 valence electrons. The quantitative estimate of drug-likeness (QED) is 0.844. The molecule has 0 aliphatic carbocycles. The van der Waals surface area contributed by atoms with Gasteiger partial charge in [0.15, 0.2) is 5.13 Å². The molecule has 1 aromatic carbocycles. The molecule has 3 N–H and O–H groups in total. The van der Waals surface area contributed by atoms with Crippen LogP contribution in [0.15, 0.2) is 24.4 Å². The van der Waals surface area contributed by atoms with Crippen LogP contribution in [0.25, 0.3) is 0 Å². The molecule has 0 aliphatic rings. The summed E-state index contributed by atoms with van der Waals surface area (Å²) >= 11 is 6.19. The van der Waals surface area contributed by atoms with Crippen molar-refractivity contribution in [2.45, 2.75) is 13.1 Å². The molecule has 0 unspecified atom stereocenters. The van der Waals surface area contributed by atoms with Crippen LogP contribution in [-0.4, -0.2) is 9.97 Å². The van der Waals surface area contributed by atoms with Gasteiger partial charge in [-0.3, -0.25) is 0 Å². The summed E-state index contributed by atoms with van der Waals surface area (Å²) in [5.74, 6) is 0. The average Bonchev–Trinajstić information content (AvgIpc) is 2.73. The number of rotatable bonds is 3. The molecule has 0 fully saturated rings. The van der Waals surface area contributed by atoms with Crippen molar-refractivity contribution >= 4 is 39.4 Å². The summed E-state index contributed by atoms with van der Waals surface area (Å²) < 4.78 is 38.0. The molecular formula is C12H10F3N3S2. The molecule has 1 heterocycles. The highest BCUT2D eigenvalue weighted by molar-refractivity contribution is 7.80. The van der Waals surface area contributed by atoms with Crippen molar-refractivity contribution in [3.63, 3.8) is 0 Å². The van der Waals surface area contributed by atoms with Crippen LogP contribution in [0.1, 0.15) is 16.0 Å². The second kappa shape index (κ2) is 5.37. The summed E-state index contributed by atoms with van der Waals surface area (Å²) in [4.78, 5) is 4.96. The Morgan fingerprint density at radius 2 is 2.10 bits per heavy atom. The van der Waals surface area contributed by atoms with Gasteiger partial charge in [0.25, 0.3) is 0 Å². The van der Waals surface area contributed by atoms with E-state index in [9.17, 15) is 13.2 Å². The Hall–Kier alpha value is -1.67. The van der Waals surface area contributed by atoms with Gasteiger partial charge >= 0.3 is 6.18 Å². The number of hydrogen-bond donors (Lipinski definition) is 2. The first-order valence-electron chi connectivity index (χ1n) is 5.48. The van der Waals surface area contributed by atoms with Crippen molar-refractivity contribution < 1.29 is 13.2 Å². The van der Waals surface area contributed by atoms with Crippen molar-refractivity contribution in [3.8, 4) is 0 Å². The number of nitrogens with one attached hydrogen (secondary N) is 1. The summed E-state index contributed by atoms with van der Waals surface area (Å²) in [5.41, 5.74) is 5.25. The topological polar surface area (TPSA) is 50.9 Å². The second-order valence-electron chi connectivity index (χ2n) is 4.02. The number of thiocarbonyl (C=S) groups is 1. The lowest BCUT2D eigenvalue weighted by Crippen LogP contribution is -2.14. The maximum atomic E-state index is 12.7. The van der Waals surface area contributed by atoms with Gasteiger partial charge in [-0.1, -0.05) is 12.2 Å². The fraction of sp³-hybridized carbons (Fsp3) is 0.167. The minimum atomic E-state index is -4.43. The highest BCUT2D eigenvalue weighted by atomic mass is 32.1. The molecule has 0 amide bonds. The highest BCUT2D eigenvalue weighted by Crippen LogP contribution is 2.33. The monoisotopic (exact) mass is 317 g/mol. The predicted molar refractivity (Wildman–Crippen MR) is 77.5 cm³/mol. The molecule has 2 rings (SSSR count). The van der Waals surface area contributed by atoms with E-state index < -0.39 is 11.7 Å². The SMILES string of the molecule is Cc1cnc(Nc2ccc(C(F)(F)F)cc2C(N)=S)s1. The first-order chi connectivity index (χ1) is 9.27. The molecule has 0 spiro atoms. The molecule has 20 heavy (non-hydrogen) atoms. The Kier molecular flexibility index (Phi) is 3.96. The standard InChI is InChI=1S/C12H10F3N3S2/c1-6-5-17-11(20-6)18-9-3-2-7(12(13,14)15)4-8(9)10(16)19/h2-5H,1H3,(H2,16,19)(H,17,18). The maximum absolute atomic E-state index is 12.7. The molecule has 0 atom stereocenters. The van der Waals surface area contributed by atoms with Gasteiger partial charge in [0.2, 0.25) is 0 Å². The summed E-state index contributed by atoms with van der Waals surface area (Å²) in [6.45, 7) is 1.88. The Morgan fingerprint density at radius 1 is 1.40 bits per heavy atom. The van der Waals surface area contributed by atoms with Crippen molar-refractivity contribution in [2.75, 3.05) is 5.32 Å². The number of aryl methyl sites for hydroxylation is 1. The first kappa shape index (κ1) is 14.7. The smallest absolute Gasteiger partial charge is 0.389 e. The van der Waals surface area contributed by atoms with Crippen molar-refractivity contribution in [1.29, 1.82) is 0 Å². The number of hydrogen-bond acceptors (Lipinski definition) is 4. The molecule has 2 aromatic rings. The molecule has 0 aliphatic heterocycles. The van der Waals surface area contributed by atoms with E-state index in [-0.39, 0.29) is 10.6 Å². The third kappa shape index (κ3) is 3.26. The number of anilines is 2.